The van der Waals surface area contributed by atoms with E-state index in [1.54, 1.807) is 11.8 Å². The van der Waals surface area contributed by atoms with Crippen LogP contribution >= 0.6 is 19.6 Å². The highest BCUT2D eigenvalue weighted by molar-refractivity contribution is 7.99. The lowest BCUT2D eigenvalue weighted by Gasteiger charge is -2.24. The van der Waals surface area contributed by atoms with Crippen LogP contribution in [0.5, 0.6) is 0 Å². The summed E-state index contributed by atoms with van der Waals surface area (Å²) in [6.07, 6.45) is 18.3. The molecule has 1 N–H and O–H groups in total. The molecule has 1 amide bonds. The third kappa shape index (κ3) is 22.6. The van der Waals surface area contributed by atoms with E-state index < -0.39 is 19.5 Å². The maximum Gasteiger partial charge on any atom is 0.474 e. The van der Waals surface area contributed by atoms with Crippen LogP contribution in [0.1, 0.15) is 118 Å². The van der Waals surface area contributed by atoms with Gasteiger partial charge in [0.2, 0.25) is 0 Å². The molecule has 7 nitrogen and oxygen atoms in total. The van der Waals surface area contributed by atoms with Crippen molar-refractivity contribution in [3.8, 4) is 0 Å². The molecule has 0 saturated carbocycles. The van der Waals surface area contributed by atoms with Gasteiger partial charge in [-0.2, -0.15) is 11.8 Å². The van der Waals surface area contributed by atoms with Crippen LogP contribution < -0.4 is 5.32 Å². The van der Waals surface area contributed by atoms with E-state index in [9.17, 15) is 9.36 Å². The lowest BCUT2D eigenvalue weighted by atomic mass is 10.0. The molecule has 0 aromatic carbocycles. The fourth-order valence-corrected chi connectivity index (χ4v) is 5.35. The Morgan fingerprint density at radius 2 is 1.29 bits per heavy atom. The molecule has 0 aromatic rings. The van der Waals surface area contributed by atoms with E-state index in [1.165, 1.54) is 97.7 Å². The Bertz CT molecular complexity index is 550. The van der Waals surface area contributed by atoms with Gasteiger partial charge in [-0.3, -0.25) is 13.6 Å². The van der Waals surface area contributed by atoms with Gasteiger partial charge in [0.15, 0.2) is 0 Å². The fraction of sp³-hybridized carbons (Fsp3) is 0.962. The first-order chi connectivity index (χ1) is 16.7. The molecule has 0 spiro atoms. The number of alkyl carbamates (subject to hydrolysis) is 1. The molecule has 0 unspecified atom stereocenters. The zero-order chi connectivity index (χ0) is 26.4. The largest absolute Gasteiger partial charge is 0.474 e. The molecule has 9 heteroatoms. The van der Waals surface area contributed by atoms with Crippen molar-refractivity contribution in [3.05, 3.63) is 0 Å². The van der Waals surface area contributed by atoms with E-state index in [0.29, 0.717) is 5.75 Å². The molecular weight excluding hydrogens is 485 g/mol. The number of nitrogens with one attached hydrogen (secondary N) is 1. The van der Waals surface area contributed by atoms with Crippen molar-refractivity contribution in [1.82, 2.24) is 5.32 Å². The number of carbonyl (C=O) groups is 1. The number of thioether (sulfide) groups is 1. The maximum absolute atomic E-state index is 12.2. The molecule has 0 radical (unpaired) electrons. The van der Waals surface area contributed by atoms with Crippen molar-refractivity contribution in [2.45, 2.75) is 129 Å². The van der Waals surface area contributed by atoms with Crippen LogP contribution in [0, 0.1) is 0 Å². The second kappa shape index (κ2) is 21.8. The van der Waals surface area contributed by atoms with E-state index in [1.807, 2.05) is 20.8 Å². The minimum Gasteiger partial charge on any atom is -0.444 e. The number of rotatable bonds is 23. The number of phosphoric ester groups is 1. The smallest absolute Gasteiger partial charge is 0.444 e. The second-order valence-electron chi connectivity index (χ2n) is 10.1. The summed E-state index contributed by atoms with van der Waals surface area (Å²) in [5.74, 6) is 1.64. The molecule has 35 heavy (non-hydrogen) atoms. The monoisotopic (exact) mass is 539 g/mol. The third-order valence-electron chi connectivity index (χ3n) is 5.56. The minimum absolute atomic E-state index is 0.0178. The zero-order valence-electron chi connectivity index (χ0n) is 23.4. The highest BCUT2D eigenvalue weighted by Crippen LogP contribution is 2.47. The minimum atomic E-state index is -3.60. The van der Waals surface area contributed by atoms with Crippen molar-refractivity contribution in [1.29, 1.82) is 0 Å². The molecule has 0 fully saturated rings. The van der Waals surface area contributed by atoms with Gasteiger partial charge in [0.1, 0.15) is 5.60 Å². The number of ether oxygens (including phenoxy) is 1. The number of carbonyl (C=O) groups excluding carboxylic acids is 1. The molecule has 0 aromatic heterocycles. The van der Waals surface area contributed by atoms with Gasteiger partial charge < -0.3 is 10.1 Å². The zero-order valence-corrected chi connectivity index (χ0v) is 25.1. The van der Waals surface area contributed by atoms with Crippen LogP contribution in [-0.2, 0) is 22.9 Å². The van der Waals surface area contributed by atoms with E-state index >= 15 is 0 Å². The lowest BCUT2D eigenvalue weighted by molar-refractivity contribution is 0.0483. The van der Waals surface area contributed by atoms with Crippen molar-refractivity contribution >= 4 is 25.7 Å². The Balaban J connectivity index is 3.95. The number of hydrogen-bond acceptors (Lipinski definition) is 7. The van der Waals surface area contributed by atoms with Crippen LogP contribution in [0.25, 0.3) is 0 Å². The molecule has 0 aliphatic heterocycles. The van der Waals surface area contributed by atoms with Gasteiger partial charge in [0.25, 0.3) is 0 Å². The maximum atomic E-state index is 12.2. The van der Waals surface area contributed by atoms with Gasteiger partial charge >= 0.3 is 13.9 Å². The molecule has 0 aliphatic rings. The Morgan fingerprint density at radius 1 is 0.829 bits per heavy atom. The molecule has 0 rings (SSSR count). The summed E-state index contributed by atoms with van der Waals surface area (Å²) in [5.41, 5.74) is -0.592. The van der Waals surface area contributed by atoms with Gasteiger partial charge in [-0.25, -0.2) is 9.36 Å². The van der Waals surface area contributed by atoms with Crippen molar-refractivity contribution in [2.75, 3.05) is 32.3 Å². The predicted molar refractivity (Wildman–Crippen MR) is 148 cm³/mol. The first kappa shape index (κ1) is 34.7. The average molecular weight is 540 g/mol. The van der Waals surface area contributed by atoms with E-state index in [0.717, 1.165) is 12.2 Å². The third-order valence-corrected chi connectivity index (χ3v) is 8.14. The van der Waals surface area contributed by atoms with E-state index in [4.69, 9.17) is 18.3 Å². The molecule has 0 saturated heterocycles. The summed E-state index contributed by atoms with van der Waals surface area (Å²) in [5, 5.41) is 2.81. The number of amides is 1. The Hall–Kier alpha value is -0.270. The number of phosphoric acid groups is 1. The Kier molecular flexibility index (Phi) is 21.6. The number of hydrogen-bond donors (Lipinski definition) is 1. The molecule has 0 aliphatic carbocycles. The lowest BCUT2D eigenvalue weighted by Crippen LogP contribution is -2.42. The van der Waals surface area contributed by atoms with Crippen LogP contribution in [0.2, 0.25) is 0 Å². The van der Waals surface area contributed by atoms with Gasteiger partial charge in [-0.05, 0) is 32.9 Å². The highest BCUT2D eigenvalue weighted by atomic mass is 32.2. The quantitative estimate of drug-likeness (QED) is 0.103. The summed E-state index contributed by atoms with van der Waals surface area (Å²) in [4.78, 5) is 12.2. The SMILES string of the molecule is CCCCCCCCCCCCCCCCSC[C@H](COP(=O)(OC)OC)NC(=O)OC(C)(C)C. The standard InChI is InChI=1S/C26H54NO6PS/c1-7-8-9-10-11-12-13-14-15-16-17-18-19-20-21-35-23-24(22-32-34(29,30-5)31-6)27-25(28)33-26(2,3)4/h24H,7-23H2,1-6H3,(H,27,28)/t24-/m0/s1. The normalized spacial score (nSPS) is 13.1. The number of unbranched alkanes of at least 4 members (excludes halogenated alkanes) is 13. The Morgan fingerprint density at radius 3 is 1.71 bits per heavy atom. The summed E-state index contributed by atoms with van der Waals surface area (Å²) in [6.45, 7) is 7.72. The van der Waals surface area contributed by atoms with Crippen LogP contribution in [-0.4, -0.2) is 50.1 Å². The van der Waals surface area contributed by atoms with Crippen molar-refractivity contribution in [2.24, 2.45) is 0 Å². The topological polar surface area (TPSA) is 83.1 Å². The van der Waals surface area contributed by atoms with Crippen molar-refractivity contribution in [3.63, 3.8) is 0 Å². The van der Waals surface area contributed by atoms with E-state index in [2.05, 4.69) is 12.2 Å². The summed E-state index contributed by atoms with van der Waals surface area (Å²) >= 11 is 1.75. The Labute approximate surface area is 220 Å². The first-order valence-electron chi connectivity index (χ1n) is 13.6. The molecule has 0 bridgehead atoms. The molecule has 1 atom stereocenters. The molecular formula is C26H54NO6PS. The predicted octanol–water partition coefficient (Wildman–Crippen LogP) is 8.51. The van der Waals surface area contributed by atoms with E-state index in [-0.39, 0.29) is 12.6 Å². The van der Waals surface area contributed by atoms with Crippen LogP contribution in [0.4, 0.5) is 4.79 Å². The summed E-state index contributed by atoms with van der Waals surface area (Å²) < 4.78 is 32.5. The van der Waals surface area contributed by atoms with Gasteiger partial charge in [-0.1, -0.05) is 90.4 Å². The first-order valence-corrected chi connectivity index (χ1v) is 16.2. The molecule has 210 valence electrons. The van der Waals surface area contributed by atoms with Crippen LogP contribution in [0.15, 0.2) is 0 Å². The summed E-state index contributed by atoms with van der Waals surface area (Å²) in [7, 11) is -1.06. The van der Waals surface area contributed by atoms with Gasteiger partial charge in [0.05, 0.1) is 12.6 Å². The summed E-state index contributed by atoms with van der Waals surface area (Å²) in [6, 6.07) is -0.361. The van der Waals surface area contributed by atoms with Crippen molar-refractivity contribution < 1.29 is 27.7 Å². The average Bonchev–Trinajstić information content (AvgIpc) is 2.80. The molecule has 0 heterocycles. The fourth-order valence-electron chi connectivity index (χ4n) is 3.59. The highest BCUT2D eigenvalue weighted by Gasteiger charge is 2.26. The van der Waals surface area contributed by atoms with Crippen LogP contribution in [0.3, 0.4) is 0 Å². The van der Waals surface area contributed by atoms with Gasteiger partial charge in [0, 0.05) is 20.0 Å². The van der Waals surface area contributed by atoms with Gasteiger partial charge in [-0.15, -0.1) is 0 Å². The second-order valence-corrected chi connectivity index (χ2v) is 13.2.